The zero-order valence-electron chi connectivity index (χ0n) is 17.2. The summed E-state index contributed by atoms with van der Waals surface area (Å²) in [4.78, 5) is 12.9. The maximum Gasteiger partial charge on any atom is 0.240 e. The number of amides is 1. The first kappa shape index (κ1) is 20.8. The largest absolute Gasteiger partial charge is 0.383 e. The van der Waals surface area contributed by atoms with Gasteiger partial charge in [-0.2, -0.15) is 0 Å². The molecular weight excluding hydrogens is 388 g/mol. The number of hydrogen-bond acceptors (Lipinski definition) is 4. The number of sulfonamides is 1. The molecule has 0 unspecified atom stereocenters. The van der Waals surface area contributed by atoms with Gasteiger partial charge in [0.1, 0.15) is 0 Å². The standard InChI is InChI=1S/C22H32N2O4S/c1-28-7-6-24-29(26,27)20-4-2-16(3-5-20)15-23-21(25)14-22-11-17-8-18(12-22)10-19(9-17)13-22/h2-5,17-19,24H,6-15H2,1H3,(H,23,25). The predicted octanol–water partition coefficient (Wildman–Crippen LogP) is 2.83. The number of ether oxygens (including phenoxy) is 1. The van der Waals surface area contributed by atoms with E-state index in [-0.39, 0.29) is 22.8 Å². The van der Waals surface area contributed by atoms with E-state index < -0.39 is 10.0 Å². The van der Waals surface area contributed by atoms with E-state index >= 15 is 0 Å². The maximum atomic E-state index is 12.6. The molecule has 4 aliphatic carbocycles. The zero-order valence-corrected chi connectivity index (χ0v) is 18.0. The molecule has 7 heteroatoms. The highest BCUT2D eigenvalue weighted by Crippen LogP contribution is 2.61. The van der Waals surface area contributed by atoms with Crippen molar-refractivity contribution in [2.75, 3.05) is 20.3 Å². The Kier molecular flexibility index (Phi) is 6.00. The molecule has 4 aliphatic rings. The van der Waals surface area contributed by atoms with E-state index in [9.17, 15) is 13.2 Å². The van der Waals surface area contributed by atoms with Crippen LogP contribution >= 0.6 is 0 Å². The van der Waals surface area contributed by atoms with Crippen LogP contribution in [0.5, 0.6) is 0 Å². The lowest BCUT2D eigenvalue weighted by atomic mass is 9.49. The number of rotatable bonds is 9. The second-order valence-electron chi connectivity index (χ2n) is 9.41. The lowest BCUT2D eigenvalue weighted by Crippen LogP contribution is -2.47. The topological polar surface area (TPSA) is 84.5 Å². The molecule has 0 atom stereocenters. The highest BCUT2D eigenvalue weighted by Gasteiger charge is 2.51. The first-order chi connectivity index (χ1) is 13.9. The molecule has 5 rings (SSSR count). The van der Waals surface area contributed by atoms with Crippen molar-refractivity contribution in [3.05, 3.63) is 29.8 Å². The Bertz CT molecular complexity index is 800. The number of nitrogens with one attached hydrogen (secondary N) is 2. The molecular formula is C22H32N2O4S. The van der Waals surface area contributed by atoms with Crippen molar-refractivity contribution in [2.45, 2.75) is 56.4 Å². The first-order valence-electron chi connectivity index (χ1n) is 10.7. The fourth-order valence-electron chi connectivity index (χ4n) is 6.26. The molecule has 1 aromatic rings. The zero-order chi connectivity index (χ0) is 20.5. The fourth-order valence-corrected chi connectivity index (χ4v) is 7.27. The molecule has 0 aliphatic heterocycles. The minimum atomic E-state index is -3.53. The van der Waals surface area contributed by atoms with Gasteiger partial charge in [0.25, 0.3) is 0 Å². The van der Waals surface area contributed by atoms with Crippen LogP contribution in [0.15, 0.2) is 29.2 Å². The van der Waals surface area contributed by atoms with E-state index in [1.54, 1.807) is 24.3 Å². The Hall–Kier alpha value is -1.44. The molecule has 1 aromatic carbocycles. The summed E-state index contributed by atoms with van der Waals surface area (Å²) in [5.41, 5.74) is 1.14. The molecule has 29 heavy (non-hydrogen) atoms. The van der Waals surface area contributed by atoms with Gasteiger partial charge in [-0.3, -0.25) is 4.79 Å². The Morgan fingerprint density at radius 3 is 2.21 bits per heavy atom. The third-order valence-corrected chi connectivity index (χ3v) is 8.50. The summed E-state index contributed by atoms with van der Waals surface area (Å²) in [7, 11) is -2.00. The van der Waals surface area contributed by atoms with Gasteiger partial charge in [0.2, 0.25) is 15.9 Å². The molecule has 4 fully saturated rings. The van der Waals surface area contributed by atoms with Gasteiger partial charge in [-0.15, -0.1) is 0 Å². The molecule has 160 valence electrons. The average Bonchev–Trinajstić information content (AvgIpc) is 2.65. The Morgan fingerprint density at radius 2 is 1.66 bits per heavy atom. The van der Waals surface area contributed by atoms with Gasteiger partial charge >= 0.3 is 0 Å². The van der Waals surface area contributed by atoms with Crippen molar-refractivity contribution in [2.24, 2.45) is 23.2 Å². The number of carbonyl (C=O) groups excluding carboxylic acids is 1. The lowest BCUT2D eigenvalue weighted by Gasteiger charge is -2.56. The lowest BCUT2D eigenvalue weighted by molar-refractivity contribution is -0.129. The summed E-state index contributed by atoms with van der Waals surface area (Å²) in [5, 5.41) is 3.05. The molecule has 0 radical (unpaired) electrons. The predicted molar refractivity (Wildman–Crippen MR) is 111 cm³/mol. The summed E-state index contributed by atoms with van der Waals surface area (Å²) >= 11 is 0. The second-order valence-corrected chi connectivity index (χ2v) is 11.2. The number of methoxy groups -OCH3 is 1. The normalized spacial score (nSPS) is 30.4. The van der Waals surface area contributed by atoms with Crippen LogP contribution < -0.4 is 10.0 Å². The molecule has 4 bridgehead atoms. The monoisotopic (exact) mass is 420 g/mol. The van der Waals surface area contributed by atoms with E-state index in [1.807, 2.05) is 0 Å². The summed E-state index contributed by atoms with van der Waals surface area (Å²) < 4.78 is 31.8. The molecule has 0 aromatic heterocycles. The summed E-state index contributed by atoms with van der Waals surface area (Å²) in [5.74, 6) is 2.67. The van der Waals surface area contributed by atoms with Crippen LogP contribution in [-0.2, 0) is 26.1 Å². The summed E-state index contributed by atoms with van der Waals surface area (Å²) in [6.45, 7) is 0.997. The third kappa shape index (κ3) is 4.84. The van der Waals surface area contributed by atoms with Crippen molar-refractivity contribution < 1.29 is 17.9 Å². The van der Waals surface area contributed by atoms with Gasteiger partial charge in [0.05, 0.1) is 11.5 Å². The van der Waals surface area contributed by atoms with Crippen LogP contribution in [0.2, 0.25) is 0 Å². The van der Waals surface area contributed by atoms with Gasteiger partial charge < -0.3 is 10.1 Å². The van der Waals surface area contributed by atoms with Gasteiger partial charge in [-0.1, -0.05) is 12.1 Å². The highest BCUT2D eigenvalue weighted by molar-refractivity contribution is 7.89. The second kappa shape index (κ2) is 8.36. The molecule has 2 N–H and O–H groups in total. The van der Waals surface area contributed by atoms with E-state index in [0.717, 1.165) is 23.3 Å². The van der Waals surface area contributed by atoms with Gasteiger partial charge in [0.15, 0.2) is 0 Å². The van der Waals surface area contributed by atoms with Crippen LogP contribution in [0.4, 0.5) is 0 Å². The third-order valence-electron chi connectivity index (χ3n) is 7.02. The van der Waals surface area contributed by atoms with Crippen molar-refractivity contribution in [3.8, 4) is 0 Å². The van der Waals surface area contributed by atoms with E-state index in [0.29, 0.717) is 19.6 Å². The maximum absolute atomic E-state index is 12.6. The van der Waals surface area contributed by atoms with E-state index in [4.69, 9.17) is 4.74 Å². The van der Waals surface area contributed by atoms with Crippen LogP contribution in [0.1, 0.15) is 50.5 Å². The Morgan fingerprint density at radius 1 is 1.07 bits per heavy atom. The molecule has 0 saturated heterocycles. The molecule has 0 spiro atoms. The van der Waals surface area contributed by atoms with Crippen LogP contribution in [0.3, 0.4) is 0 Å². The molecule has 4 saturated carbocycles. The minimum Gasteiger partial charge on any atom is -0.383 e. The number of benzene rings is 1. The summed E-state index contributed by atoms with van der Waals surface area (Å²) in [6.07, 6.45) is 8.49. The average molecular weight is 421 g/mol. The highest BCUT2D eigenvalue weighted by atomic mass is 32.2. The van der Waals surface area contributed by atoms with Gasteiger partial charge in [-0.25, -0.2) is 13.1 Å². The Labute approximate surface area is 173 Å². The molecule has 6 nitrogen and oxygen atoms in total. The van der Waals surface area contributed by atoms with Crippen molar-refractivity contribution in [1.82, 2.24) is 10.0 Å². The SMILES string of the molecule is COCCNS(=O)(=O)c1ccc(CNC(=O)CC23CC4CC(CC(C4)C2)C3)cc1. The molecule has 0 heterocycles. The van der Waals surface area contributed by atoms with Crippen LogP contribution in [-0.4, -0.2) is 34.6 Å². The first-order valence-corrected chi connectivity index (χ1v) is 12.2. The van der Waals surface area contributed by atoms with Gasteiger partial charge in [0, 0.05) is 26.6 Å². The fraction of sp³-hybridized carbons (Fsp3) is 0.682. The van der Waals surface area contributed by atoms with E-state index in [1.165, 1.54) is 45.6 Å². The quantitative estimate of drug-likeness (QED) is 0.602. The molecule has 1 amide bonds. The van der Waals surface area contributed by atoms with Crippen LogP contribution in [0.25, 0.3) is 0 Å². The number of hydrogen-bond donors (Lipinski definition) is 2. The minimum absolute atomic E-state index is 0.130. The summed E-state index contributed by atoms with van der Waals surface area (Å²) in [6, 6.07) is 6.68. The van der Waals surface area contributed by atoms with Gasteiger partial charge in [-0.05, 0) is 79.4 Å². The van der Waals surface area contributed by atoms with E-state index in [2.05, 4.69) is 10.0 Å². The smallest absolute Gasteiger partial charge is 0.240 e. The van der Waals surface area contributed by atoms with Crippen molar-refractivity contribution in [3.63, 3.8) is 0 Å². The van der Waals surface area contributed by atoms with Crippen molar-refractivity contribution >= 4 is 15.9 Å². The number of carbonyl (C=O) groups is 1. The Balaban J connectivity index is 1.29. The van der Waals surface area contributed by atoms with Crippen LogP contribution in [0, 0.1) is 23.2 Å². The van der Waals surface area contributed by atoms with Crippen molar-refractivity contribution in [1.29, 1.82) is 0 Å².